The lowest BCUT2D eigenvalue weighted by molar-refractivity contribution is 0.0599. The van der Waals surface area contributed by atoms with Gasteiger partial charge in [0, 0.05) is 4.90 Å². The predicted octanol–water partition coefficient (Wildman–Crippen LogP) is 2.81. The summed E-state index contributed by atoms with van der Waals surface area (Å²) in [6, 6.07) is 3.78. The molecular formula is C11H14O2S. The number of hydrogen-bond donors (Lipinski definition) is 0. The fourth-order valence-electron chi connectivity index (χ4n) is 1.35. The summed E-state index contributed by atoms with van der Waals surface area (Å²) in [6.45, 7) is 3.97. The summed E-state index contributed by atoms with van der Waals surface area (Å²) in [5.41, 5.74) is 2.81. The largest absolute Gasteiger partial charge is 0.465 e. The first-order valence-electron chi connectivity index (χ1n) is 4.34. The van der Waals surface area contributed by atoms with Crippen molar-refractivity contribution in [2.75, 3.05) is 13.4 Å². The minimum Gasteiger partial charge on any atom is -0.465 e. The van der Waals surface area contributed by atoms with Gasteiger partial charge in [0.25, 0.3) is 0 Å². The molecule has 0 N–H and O–H groups in total. The minimum absolute atomic E-state index is 0.266. The summed E-state index contributed by atoms with van der Waals surface area (Å²) in [5.74, 6) is -0.266. The van der Waals surface area contributed by atoms with Crippen molar-refractivity contribution in [3.63, 3.8) is 0 Å². The van der Waals surface area contributed by atoms with E-state index in [9.17, 15) is 4.79 Å². The molecule has 2 nitrogen and oxygen atoms in total. The average molecular weight is 210 g/mol. The van der Waals surface area contributed by atoms with Crippen LogP contribution in [-0.4, -0.2) is 19.3 Å². The predicted molar refractivity (Wildman–Crippen MR) is 59.0 cm³/mol. The number of carbonyl (C=O) groups is 1. The molecule has 0 fully saturated rings. The summed E-state index contributed by atoms with van der Waals surface area (Å²) in [6.07, 6.45) is 2.03. The Morgan fingerprint density at radius 3 is 2.43 bits per heavy atom. The van der Waals surface area contributed by atoms with Crippen molar-refractivity contribution in [3.05, 3.63) is 28.8 Å². The van der Waals surface area contributed by atoms with E-state index in [0.717, 1.165) is 11.1 Å². The first kappa shape index (κ1) is 11.1. The van der Waals surface area contributed by atoms with Crippen LogP contribution >= 0.6 is 11.8 Å². The second-order valence-electron chi connectivity index (χ2n) is 3.06. The fraction of sp³-hybridized carbons (Fsp3) is 0.364. The van der Waals surface area contributed by atoms with Gasteiger partial charge >= 0.3 is 5.97 Å². The maximum Gasteiger partial charge on any atom is 0.338 e. The van der Waals surface area contributed by atoms with E-state index in [1.54, 1.807) is 11.8 Å². The zero-order valence-corrected chi connectivity index (χ0v) is 9.70. The monoisotopic (exact) mass is 210 g/mol. The van der Waals surface area contributed by atoms with Gasteiger partial charge in [-0.3, -0.25) is 0 Å². The highest BCUT2D eigenvalue weighted by Crippen LogP contribution is 2.25. The summed E-state index contributed by atoms with van der Waals surface area (Å²) in [4.78, 5) is 12.6. The lowest BCUT2D eigenvalue weighted by Crippen LogP contribution is -2.05. The van der Waals surface area contributed by atoms with E-state index in [0.29, 0.717) is 5.56 Å². The third kappa shape index (κ3) is 1.93. The first-order chi connectivity index (χ1) is 6.61. The number of methoxy groups -OCH3 is 1. The number of hydrogen-bond acceptors (Lipinski definition) is 3. The van der Waals surface area contributed by atoms with Crippen LogP contribution < -0.4 is 0 Å². The number of thioether (sulfide) groups is 1. The lowest BCUT2D eigenvalue weighted by Gasteiger charge is -2.10. The lowest BCUT2D eigenvalue weighted by atomic mass is 10.0. The van der Waals surface area contributed by atoms with Crippen molar-refractivity contribution >= 4 is 17.7 Å². The van der Waals surface area contributed by atoms with Gasteiger partial charge in [0.15, 0.2) is 0 Å². The molecule has 0 amide bonds. The molecule has 0 aromatic heterocycles. The number of ether oxygens (including phenoxy) is 1. The van der Waals surface area contributed by atoms with Crippen LogP contribution in [0.25, 0.3) is 0 Å². The molecule has 0 spiro atoms. The van der Waals surface area contributed by atoms with Crippen LogP contribution in [0, 0.1) is 13.8 Å². The van der Waals surface area contributed by atoms with Crippen LogP contribution in [-0.2, 0) is 4.74 Å². The Bertz CT molecular complexity index is 359. The van der Waals surface area contributed by atoms with Gasteiger partial charge in [-0.2, -0.15) is 0 Å². The highest BCUT2D eigenvalue weighted by molar-refractivity contribution is 7.98. The maximum absolute atomic E-state index is 11.4. The quantitative estimate of drug-likeness (QED) is 0.554. The third-order valence-corrected chi connectivity index (χ3v) is 3.24. The van der Waals surface area contributed by atoms with E-state index < -0.39 is 0 Å². The molecule has 76 valence electrons. The van der Waals surface area contributed by atoms with Crippen LogP contribution in [0.5, 0.6) is 0 Å². The van der Waals surface area contributed by atoms with Gasteiger partial charge in [-0.25, -0.2) is 4.79 Å². The zero-order chi connectivity index (χ0) is 10.7. The molecule has 0 atom stereocenters. The molecule has 1 rings (SSSR count). The molecule has 3 heteroatoms. The molecule has 1 aromatic carbocycles. The van der Waals surface area contributed by atoms with Gasteiger partial charge in [0.2, 0.25) is 0 Å². The first-order valence-corrected chi connectivity index (χ1v) is 5.56. The number of rotatable bonds is 2. The molecule has 0 radical (unpaired) electrons. The van der Waals surface area contributed by atoms with E-state index in [4.69, 9.17) is 4.74 Å². The Hall–Kier alpha value is -0.960. The Labute approximate surface area is 88.7 Å². The summed E-state index contributed by atoms with van der Waals surface area (Å²) in [5, 5.41) is 0. The molecular weight excluding hydrogens is 196 g/mol. The smallest absolute Gasteiger partial charge is 0.338 e. The summed E-state index contributed by atoms with van der Waals surface area (Å²) in [7, 11) is 1.40. The van der Waals surface area contributed by atoms with Gasteiger partial charge in [-0.15, -0.1) is 11.8 Å². The van der Waals surface area contributed by atoms with Crippen LogP contribution in [0.3, 0.4) is 0 Å². The fourth-order valence-corrected chi connectivity index (χ4v) is 2.01. The molecule has 0 bridgehead atoms. The minimum atomic E-state index is -0.266. The highest BCUT2D eigenvalue weighted by Gasteiger charge is 2.12. The maximum atomic E-state index is 11.4. The van der Waals surface area contributed by atoms with Crippen LogP contribution in [0.4, 0.5) is 0 Å². The van der Waals surface area contributed by atoms with Gasteiger partial charge in [0.1, 0.15) is 0 Å². The molecule has 0 aliphatic heterocycles. The van der Waals surface area contributed by atoms with Crippen LogP contribution in [0.1, 0.15) is 21.5 Å². The van der Waals surface area contributed by atoms with Gasteiger partial charge in [-0.05, 0) is 43.4 Å². The van der Waals surface area contributed by atoms with Crippen molar-refractivity contribution in [1.82, 2.24) is 0 Å². The second-order valence-corrected chi connectivity index (χ2v) is 3.91. The van der Waals surface area contributed by atoms with Gasteiger partial charge in [-0.1, -0.05) is 0 Å². The van der Waals surface area contributed by atoms with E-state index in [1.165, 1.54) is 12.0 Å². The topological polar surface area (TPSA) is 26.3 Å². The average Bonchev–Trinajstić information content (AvgIpc) is 2.21. The van der Waals surface area contributed by atoms with E-state index >= 15 is 0 Å². The normalized spacial score (nSPS) is 10.0. The summed E-state index contributed by atoms with van der Waals surface area (Å²) >= 11 is 1.69. The Morgan fingerprint density at radius 1 is 1.29 bits per heavy atom. The molecule has 0 unspecified atom stereocenters. The van der Waals surface area contributed by atoms with E-state index in [-0.39, 0.29) is 5.97 Å². The molecule has 0 saturated heterocycles. The van der Waals surface area contributed by atoms with Crippen molar-refractivity contribution in [2.24, 2.45) is 0 Å². The molecule has 1 aromatic rings. The van der Waals surface area contributed by atoms with Gasteiger partial charge in [0.05, 0.1) is 12.7 Å². The SMILES string of the molecule is COC(=O)c1ccc(SC)c(C)c1C. The summed E-state index contributed by atoms with van der Waals surface area (Å²) < 4.78 is 4.70. The molecule has 0 saturated carbocycles. The van der Waals surface area contributed by atoms with Crippen LogP contribution in [0.15, 0.2) is 17.0 Å². The highest BCUT2D eigenvalue weighted by atomic mass is 32.2. The standard InChI is InChI=1S/C11H14O2S/c1-7-8(2)10(14-4)6-5-9(7)11(12)13-3/h5-6H,1-4H3. The zero-order valence-electron chi connectivity index (χ0n) is 8.88. The van der Waals surface area contributed by atoms with E-state index in [2.05, 4.69) is 0 Å². The Morgan fingerprint density at radius 2 is 1.93 bits per heavy atom. The number of esters is 1. The van der Waals surface area contributed by atoms with Crippen molar-refractivity contribution < 1.29 is 9.53 Å². The number of carbonyl (C=O) groups excluding carboxylic acids is 1. The number of benzene rings is 1. The van der Waals surface area contributed by atoms with Gasteiger partial charge < -0.3 is 4.74 Å². The van der Waals surface area contributed by atoms with E-state index in [1.807, 2.05) is 32.2 Å². The Kier molecular flexibility index (Phi) is 3.58. The van der Waals surface area contributed by atoms with Crippen molar-refractivity contribution in [1.29, 1.82) is 0 Å². The second kappa shape index (κ2) is 4.51. The van der Waals surface area contributed by atoms with Crippen molar-refractivity contribution in [2.45, 2.75) is 18.7 Å². The van der Waals surface area contributed by atoms with Crippen LogP contribution in [0.2, 0.25) is 0 Å². The van der Waals surface area contributed by atoms with Crippen molar-refractivity contribution in [3.8, 4) is 0 Å². The molecule has 14 heavy (non-hydrogen) atoms. The third-order valence-electron chi connectivity index (χ3n) is 2.36. The molecule has 0 aliphatic rings. The molecule has 0 heterocycles. The molecule has 0 aliphatic carbocycles. The Balaban J connectivity index is 3.24.